The van der Waals surface area contributed by atoms with Gasteiger partial charge in [0.05, 0.1) is 10.5 Å². The Labute approximate surface area is 148 Å². The maximum absolute atomic E-state index is 12.2. The van der Waals surface area contributed by atoms with Crippen molar-refractivity contribution in [3.63, 3.8) is 0 Å². The highest BCUT2D eigenvalue weighted by molar-refractivity contribution is 7.90. The molecule has 0 spiro atoms. The van der Waals surface area contributed by atoms with Crippen LogP contribution in [0.2, 0.25) is 0 Å². The van der Waals surface area contributed by atoms with Crippen molar-refractivity contribution in [2.45, 2.75) is 50.5 Å². The summed E-state index contributed by atoms with van der Waals surface area (Å²) in [6.07, 6.45) is 5.37. The first-order valence-corrected chi connectivity index (χ1v) is 10.3. The summed E-state index contributed by atoms with van der Waals surface area (Å²) in [6.45, 7) is 3.42. The van der Waals surface area contributed by atoms with Gasteiger partial charge in [0.1, 0.15) is 0 Å². The predicted octanol–water partition coefficient (Wildman–Crippen LogP) is 2.25. The molecule has 1 saturated carbocycles. The van der Waals surface area contributed by atoms with Gasteiger partial charge in [0.2, 0.25) is 0 Å². The second-order valence-corrected chi connectivity index (χ2v) is 8.78. The fourth-order valence-corrected chi connectivity index (χ4v) is 3.69. The van der Waals surface area contributed by atoms with E-state index < -0.39 is 15.8 Å². The topological polar surface area (TPSA) is 89.5 Å². The highest BCUT2D eigenvalue weighted by Gasteiger charge is 2.23. The van der Waals surface area contributed by atoms with E-state index in [4.69, 9.17) is 4.74 Å². The number of nitrogens with one attached hydrogen (secondary N) is 1. The molecule has 0 radical (unpaired) electrons. The highest BCUT2D eigenvalue weighted by atomic mass is 32.2. The lowest BCUT2D eigenvalue weighted by Gasteiger charge is -2.29. The molecular weight excluding hydrogens is 342 g/mol. The highest BCUT2D eigenvalue weighted by Crippen LogP contribution is 2.23. The number of hydrogen-bond acceptors (Lipinski definition) is 5. The summed E-state index contributed by atoms with van der Waals surface area (Å²) >= 11 is 0. The Morgan fingerprint density at radius 2 is 1.92 bits per heavy atom. The minimum Gasteiger partial charge on any atom is -0.452 e. The summed E-state index contributed by atoms with van der Waals surface area (Å²) in [6, 6.07) is 4.40. The average molecular weight is 367 g/mol. The van der Waals surface area contributed by atoms with Crippen LogP contribution in [0.4, 0.5) is 0 Å². The second kappa shape index (κ2) is 7.99. The molecule has 1 fully saturated rings. The van der Waals surface area contributed by atoms with E-state index in [1.54, 1.807) is 13.0 Å². The van der Waals surface area contributed by atoms with E-state index in [0.29, 0.717) is 11.5 Å². The number of carbonyl (C=O) groups is 2. The maximum Gasteiger partial charge on any atom is 0.338 e. The predicted molar refractivity (Wildman–Crippen MR) is 94.1 cm³/mol. The molecular formula is C18H25NO5S. The van der Waals surface area contributed by atoms with E-state index in [2.05, 4.69) is 12.2 Å². The smallest absolute Gasteiger partial charge is 0.338 e. The van der Waals surface area contributed by atoms with Gasteiger partial charge in [-0.15, -0.1) is 0 Å². The van der Waals surface area contributed by atoms with Crippen LogP contribution in [0, 0.1) is 12.8 Å². The fraction of sp³-hybridized carbons (Fsp3) is 0.556. The number of carbonyl (C=O) groups excluding carboxylic acids is 2. The minimum atomic E-state index is -3.42. The molecule has 6 nitrogen and oxygen atoms in total. The van der Waals surface area contributed by atoms with E-state index in [1.165, 1.54) is 18.6 Å². The first-order chi connectivity index (χ1) is 11.7. The van der Waals surface area contributed by atoms with Gasteiger partial charge in [-0.2, -0.15) is 0 Å². The van der Waals surface area contributed by atoms with Crippen molar-refractivity contribution in [1.82, 2.24) is 5.32 Å². The Morgan fingerprint density at radius 1 is 1.24 bits per heavy atom. The van der Waals surface area contributed by atoms with Crippen molar-refractivity contribution in [2.75, 3.05) is 12.9 Å². The summed E-state index contributed by atoms with van der Waals surface area (Å²) in [5.41, 5.74) is 0.750. The van der Waals surface area contributed by atoms with E-state index in [0.717, 1.165) is 25.5 Å². The molecule has 1 N–H and O–H groups in total. The van der Waals surface area contributed by atoms with Crippen LogP contribution in [-0.2, 0) is 19.4 Å². The lowest BCUT2D eigenvalue weighted by molar-refractivity contribution is -0.125. The fourth-order valence-electron chi connectivity index (χ4n) is 3.04. The number of aryl methyl sites for hydroxylation is 1. The summed E-state index contributed by atoms with van der Waals surface area (Å²) in [5.74, 6) is -0.610. The zero-order chi connectivity index (χ0) is 18.6. The van der Waals surface area contributed by atoms with Gasteiger partial charge in [-0.1, -0.05) is 25.8 Å². The van der Waals surface area contributed by atoms with Gasteiger partial charge in [-0.05, 0) is 43.4 Å². The van der Waals surface area contributed by atoms with E-state index in [9.17, 15) is 18.0 Å². The maximum atomic E-state index is 12.2. The van der Waals surface area contributed by atoms with Crippen LogP contribution in [0.3, 0.4) is 0 Å². The molecule has 0 aromatic heterocycles. The molecule has 25 heavy (non-hydrogen) atoms. The molecule has 0 aliphatic heterocycles. The average Bonchev–Trinajstić information content (AvgIpc) is 2.54. The molecule has 1 aromatic rings. The number of esters is 1. The van der Waals surface area contributed by atoms with Crippen molar-refractivity contribution in [3.05, 3.63) is 29.3 Å². The minimum absolute atomic E-state index is 0.0468. The van der Waals surface area contributed by atoms with Crippen molar-refractivity contribution in [2.24, 2.45) is 5.92 Å². The molecule has 2 atom stereocenters. The monoisotopic (exact) mass is 367 g/mol. The molecule has 0 heterocycles. The molecule has 1 amide bonds. The molecule has 138 valence electrons. The van der Waals surface area contributed by atoms with Gasteiger partial charge >= 0.3 is 5.97 Å². The van der Waals surface area contributed by atoms with Crippen molar-refractivity contribution < 1.29 is 22.7 Å². The van der Waals surface area contributed by atoms with Crippen LogP contribution in [0.5, 0.6) is 0 Å². The molecule has 1 aromatic carbocycles. The van der Waals surface area contributed by atoms with Crippen LogP contribution in [0.15, 0.2) is 23.1 Å². The Hall–Kier alpha value is -1.89. The van der Waals surface area contributed by atoms with Crippen LogP contribution in [-0.4, -0.2) is 39.2 Å². The summed E-state index contributed by atoms with van der Waals surface area (Å²) in [7, 11) is -3.42. The number of sulfone groups is 1. The summed E-state index contributed by atoms with van der Waals surface area (Å²) in [4.78, 5) is 24.3. The quantitative estimate of drug-likeness (QED) is 0.806. The Kier molecular flexibility index (Phi) is 6.21. The first-order valence-electron chi connectivity index (χ1n) is 8.45. The normalized spacial score (nSPS) is 20.8. The van der Waals surface area contributed by atoms with Crippen LogP contribution in [0.1, 0.15) is 48.5 Å². The molecule has 7 heteroatoms. The molecule has 1 aliphatic rings. The summed E-state index contributed by atoms with van der Waals surface area (Å²) < 4.78 is 28.3. The van der Waals surface area contributed by atoms with Crippen LogP contribution in [0.25, 0.3) is 0 Å². The van der Waals surface area contributed by atoms with Gasteiger partial charge < -0.3 is 10.1 Å². The molecule has 1 aliphatic carbocycles. The van der Waals surface area contributed by atoms with Crippen molar-refractivity contribution in [3.8, 4) is 0 Å². The van der Waals surface area contributed by atoms with Crippen molar-refractivity contribution in [1.29, 1.82) is 0 Å². The van der Waals surface area contributed by atoms with Gasteiger partial charge in [0.15, 0.2) is 16.4 Å². The zero-order valence-corrected chi connectivity index (χ0v) is 15.7. The van der Waals surface area contributed by atoms with E-state index in [1.807, 2.05) is 0 Å². The Balaban J connectivity index is 1.97. The number of benzene rings is 1. The van der Waals surface area contributed by atoms with Gasteiger partial charge in [0.25, 0.3) is 5.91 Å². The van der Waals surface area contributed by atoms with Crippen molar-refractivity contribution >= 4 is 21.7 Å². The molecule has 0 saturated heterocycles. The van der Waals surface area contributed by atoms with Gasteiger partial charge in [-0.3, -0.25) is 4.79 Å². The molecule has 0 bridgehead atoms. The van der Waals surface area contributed by atoms with Gasteiger partial charge in [0, 0.05) is 12.3 Å². The SMILES string of the molecule is Cc1ccc(S(C)(=O)=O)cc1C(=O)OCC(=O)N[C@@H]1CCCC[C@H]1C. The second-order valence-electron chi connectivity index (χ2n) is 6.76. The lowest BCUT2D eigenvalue weighted by atomic mass is 9.86. The third-order valence-corrected chi connectivity index (χ3v) is 5.76. The number of hydrogen-bond donors (Lipinski definition) is 1. The lowest BCUT2D eigenvalue weighted by Crippen LogP contribution is -2.42. The third kappa shape index (κ3) is 5.29. The van der Waals surface area contributed by atoms with E-state index >= 15 is 0 Å². The number of ether oxygens (including phenoxy) is 1. The number of amides is 1. The summed E-state index contributed by atoms with van der Waals surface area (Å²) in [5, 5.41) is 2.91. The standard InChI is InChI=1S/C18H25NO5S/c1-12-8-9-14(25(3,22)23)10-15(12)18(21)24-11-17(20)19-16-7-5-4-6-13(16)2/h8-10,13,16H,4-7,11H2,1-3H3,(H,19,20)/t13-,16-/m1/s1. The zero-order valence-electron chi connectivity index (χ0n) is 14.9. The van der Waals surface area contributed by atoms with Crippen LogP contribution >= 0.6 is 0 Å². The molecule has 0 unspecified atom stereocenters. The van der Waals surface area contributed by atoms with E-state index in [-0.39, 0.29) is 29.0 Å². The number of rotatable bonds is 5. The van der Waals surface area contributed by atoms with Crippen LogP contribution < -0.4 is 5.32 Å². The molecule has 2 rings (SSSR count). The largest absolute Gasteiger partial charge is 0.452 e. The van der Waals surface area contributed by atoms with Gasteiger partial charge in [-0.25, -0.2) is 13.2 Å². The third-order valence-electron chi connectivity index (χ3n) is 4.65. The Bertz CT molecular complexity index is 757. The Morgan fingerprint density at radius 3 is 2.56 bits per heavy atom. The first kappa shape index (κ1) is 19.4.